The molecule has 0 saturated carbocycles. The molecule has 41 heavy (non-hydrogen) atoms. The highest BCUT2D eigenvalue weighted by molar-refractivity contribution is 6.76. The Hall–Kier alpha value is -2.61. The van der Waals surface area contributed by atoms with E-state index >= 15 is 8.78 Å². The van der Waals surface area contributed by atoms with Crippen molar-refractivity contribution in [1.82, 2.24) is 9.55 Å². The molecule has 3 aliphatic heterocycles. The third-order valence-electron chi connectivity index (χ3n) is 7.85. The minimum absolute atomic E-state index is 0.175. The van der Waals surface area contributed by atoms with Gasteiger partial charge in [-0.05, 0) is 30.3 Å². The Bertz CT molecular complexity index is 1370. The van der Waals surface area contributed by atoms with Gasteiger partial charge in [0.1, 0.15) is 36.7 Å². The van der Waals surface area contributed by atoms with Crippen LogP contribution >= 0.6 is 0 Å². The largest absolute Gasteiger partial charge is 0.470 e. The summed E-state index contributed by atoms with van der Waals surface area (Å²) in [6, 6.07) is 8.87. The van der Waals surface area contributed by atoms with Crippen LogP contribution in [0.1, 0.15) is 0 Å². The number of pyridine rings is 1. The van der Waals surface area contributed by atoms with E-state index in [2.05, 4.69) is 24.6 Å². The highest BCUT2D eigenvalue weighted by Crippen LogP contribution is 2.35. The maximum atomic E-state index is 15.3. The predicted molar refractivity (Wildman–Crippen MR) is 152 cm³/mol. The minimum Gasteiger partial charge on any atom is -0.470 e. The topological polar surface area (TPSA) is 87.4 Å². The maximum absolute atomic E-state index is 15.3. The van der Waals surface area contributed by atoms with Gasteiger partial charge in [0.25, 0.3) is 0 Å². The molecule has 3 aliphatic rings. The molecule has 2 aromatic heterocycles. The number of hydrogen-bond acceptors (Lipinski definition) is 8. The maximum Gasteiger partial charge on any atom is 0.198 e. The van der Waals surface area contributed by atoms with Crippen LogP contribution in [0.5, 0.6) is 5.88 Å². The van der Waals surface area contributed by atoms with Crippen molar-refractivity contribution >= 4 is 24.8 Å². The Morgan fingerprint density at radius 2 is 1.76 bits per heavy atom. The molecule has 0 bridgehead atoms. The number of aliphatic hydroxyl groups excluding tert-OH is 1. The molecular weight excluding hydrogens is 552 g/mol. The van der Waals surface area contributed by atoms with Gasteiger partial charge in [0.2, 0.25) is 0 Å². The van der Waals surface area contributed by atoms with Crippen LogP contribution in [0.4, 0.5) is 14.5 Å². The normalized spacial score (nSPS) is 24.8. The molecule has 222 valence electrons. The van der Waals surface area contributed by atoms with Crippen LogP contribution in [-0.2, 0) is 25.7 Å². The van der Waals surface area contributed by atoms with Gasteiger partial charge in [-0.2, -0.15) is 0 Å². The van der Waals surface area contributed by atoms with Crippen molar-refractivity contribution in [3.63, 3.8) is 0 Å². The Morgan fingerprint density at radius 1 is 1.02 bits per heavy atom. The standard InChI is InChI=1S/C29H37F2N3O6Si/c1-41(2,3)11-10-37-17-34-23-5-4-21(27-19(30)12-18(13-20(27)31)33-6-8-36-9-7-33)32-22(23)14-26(34)40-25-16-39-28-24(35)15-38-29(25)28/h4-5,12-14,24-25,28-29,35H,6-11,15-17H2,1-3H3/t24-,25-,28-,29-/m1/s1. The van der Waals surface area contributed by atoms with E-state index in [0.717, 1.165) is 6.04 Å². The van der Waals surface area contributed by atoms with E-state index in [1.165, 1.54) is 12.1 Å². The van der Waals surface area contributed by atoms with Gasteiger partial charge < -0.3 is 33.7 Å². The molecule has 4 atom stereocenters. The first-order valence-electron chi connectivity index (χ1n) is 14.2. The molecule has 0 amide bonds. The Balaban J connectivity index is 1.30. The summed E-state index contributed by atoms with van der Waals surface area (Å²) in [6.07, 6.45) is -1.93. The Morgan fingerprint density at radius 3 is 2.49 bits per heavy atom. The summed E-state index contributed by atoms with van der Waals surface area (Å²) in [5.74, 6) is -0.856. The van der Waals surface area contributed by atoms with Crippen molar-refractivity contribution in [2.45, 2.75) is 56.8 Å². The van der Waals surface area contributed by atoms with Gasteiger partial charge in [-0.25, -0.2) is 13.8 Å². The van der Waals surface area contributed by atoms with E-state index in [-0.39, 0.29) is 37.3 Å². The summed E-state index contributed by atoms with van der Waals surface area (Å²) in [6.45, 7) is 10.4. The van der Waals surface area contributed by atoms with Crippen molar-refractivity contribution in [2.75, 3.05) is 51.0 Å². The number of morpholine rings is 1. The van der Waals surface area contributed by atoms with E-state index in [1.54, 1.807) is 18.2 Å². The number of ether oxygens (including phenoxy) is 5. The number of nitrogens with zero attached hydrogens (tertiary/aromatic N) is 3. The molecule has 0 unspecified atom stereocenters. The zero-order chi connectivity index (χ0) is 28.7. The van der Waals surface area contributed by atoms with Gasteiger partial charge in [0.15, 0.2) is 12.0 Å². The number of halogens is 2. The van der Waals surface area contributed by atoms with E-state index < -0.39 is 38.0 Å². The molecule has 3 fully saturated rings. The number of benzene rings is 1. The molecule has 9 nitrogen and oxygen atoms in total. The van der Waals surface area contributed by atoms with Crippen molar-refractivity contribution in [3.8, 4) is 17.1 Å². The second-order valence-corrected chi connectivity index (χ2v) is 17.7. The van der Waals surface area contributed by atoms with Crippen LogP contribution in [0.25, 0.3) is 22.3 Å². The van der Waals surface area contributed by atoms with E-state index in [1.807, 2.05) is 9.47 Å². The predicted octanol–water partition coefficient (Wildman–Crippen LogP) is 4.04. The van der Waals surface area contributed by atoms with Gasteiger partial charge in [-0.3, -0.25) is 4.57 Å². The lowest BCUT2D eigenvalue weighted by atomic mass is 10.1. The van der Waals surface area contributed by atoms with Gasteiger partial charge in [-0.15, -0.1) is 0 Å². The van der Waals surface area contributed by atoms with Crippen LogP contribution in [0, 0.1) is 11.6 Å². The van der Waals surface area contributed by atoms with E-state index in [0.29, 0.717) is 55.5 Å². The summed E-state index contributed by atoms with van der Waals surface area (Å²) >= 11 is 0. The SMILES string of the molecule is C[Si](C)(C)CCOCn1c(O[C@@H]2CO[C@H]3[C@@H]2OC[C@H]3O)cc2nc(-c3c(F)cc(N4CCOCC4)cc3F)ccc21. The van der Waals surface area contributed by atoms with Crippen LogP contribution in [0.2, 0.25) is 25.7 Å². The average Bonchev–Trinajstić information content (AvgIpc) is 3.61. The molecule has 5 heterocycles. The minimum atomic E-state index is -1.28. The smallest absolute Gasteiger partial charge is 0.198 e. The molecule has 0 spiro atoms. The average molecular weight is 590 g/mol. The van der Waals surface area contributed by atoms with Gasteiger partial charge >= 0.3 is 0 Å². The second kappa shape index (κ2) is 11.6. The van der Waals surface area contributed by atoms with Gasteiger partial charge in [0.05, 0.1) is 48.7 Å². The highest BCUT2D eigenvalue weighted by Gasteiger charge is 2.48. The first kappa shape index (κ1) is 28.5. The summed E-state index contributed by atoms with van der Waals surface area (Å²) in [5, 5.41) is 10.1. The van der Waals surface area contributed by atoms with Crippen molar-refractivity contribution in [3.05, 3.63) is 42.0 Å². The molecule has 6 rings (SSSR count). The summed E-state index contributed by atoms with van der Waals surface area (Å²) in [7, 11) is -1.28. The quantitative estimate of drug-likeness (QED) is 0.296. The van der Waals surface area contributed by atoms with E-state index in [4.69, 9.17) is 23.7 Å². The van der Waals surface area contributed by atoms with Gasteiger partial charge in [0, 0.05) is 39.5 Å². The highest BCUT2D eigenvalue weighted by atomic mass is 28.3. The lowest BCUT2D eigenvalue weighted by Crippen LogP contribution is -2.36. The first-order valence-corrected chi connectivity index (χ1v) is 17.9. The number of rotatable bonds is 9. The summed E-state index contributed by atoms with van der Waals surface area (Å²) < 4.78 is 61.8. The van der Waals surface area contributed by atoms with E-state index in [9.17, 15) is 5.11 Å². The fraction of sp³-hybridized carbons (Fsp3) is 0.552. The fourth-order valence-corrected chi connectivity index (χ4v) is 6.29. The van der Waals surface area contributed by atoms with Crippen LogP contribution in [-0.4, -0.2) is 93.3 Å². The number of hydrogen-bond donors (Lipinski definition) is 1. The second-order valence-electron chi connectivity index (χ2n) is 12.1. The number of aliphatic hydroxyl groups is 1. The monoisotopic (exact) mass is 589 g/mol. The molecule has 0 aliphatic carbocycles. The van der Waals surface area contributed by atoms with Crippen molar-refractivity contribution in [1.29, 1.82) is 0 Å². The number of fused-ring (bicyclic) bond motifs is 2. The lowest BCUT2D eigenvalue weighted by molar-refractivity contribution is 0.00479. The summed E-state index contributed by atoms with van der Waals surface area (Å²) in [4.78, 5) is 6.55. The molecule has 0 radical (unpaired) electrons. The van der Waals surface area contributed by atoms with Gasteiger partial charge in [-0.1, -0.05) is 19.6 Å². The molecular formula is C29H37F2N3O6Si. The lowest BCUT2D eigenvalue weighted by Gasteiger charge is -2.29. The first-order chi connectivity index (χ1) is 19.7. The number of aromatic nitrogens is 2. The molecule has 3 saturated heterocycles. The Labute approximate surface area is 238 Å². The fourth-order valence-electron chi connectivity index (χ4n) is 5.53. The van der Waals surface area contributed by atoms with Crippen LogP contribution in [0.3, 0.4) is 0 Å². The van der Waals surface area contributed by atoms with Crippen LogP contribution in [0.15, 0.2) is 30.3 Å². The molecule has 1 N–H and O–H groups in total. The molecule has 3 aromatic rings. The van der Waals surface area contributed by atoms with Crippen LogP contribution < -0.4 is 9.64 Å². The molecule has 1 aromatic carbocycles. The summed E-state index contributed by atoms with van der Waals surface area (Å²) in [5.41, 5.74) is 1.74. The zero-order valence-electron chi connectivity index (χ0n) is 23.6. The third kappa shape index (κ3) is 5.99. The Kier molecular flexibility index (Phi) is 8.05. The zero-order valence-corrected chi connectivity index (χ0v) is 24.6. The van der Waals surface area contributed by atoms with Crippen molar-refractivity contribution < 1.29 is 37.6 Å². The molecule has 12 heteroatoms. The third-order valence-corrected chi connectivity index (χ3v) is 9.55. The van der Waals surface area contributed by atoms with Crippen molar-refractivity contribution in [2.24, 2.45) is 0 Å². The number of anilines is 1.